The highest BCUT2D eigenvalue weighted by Gasteiger charge is 2.12. The Hall–Kier alpha value is -3.61. The first-order valence-corrected chi connectivity index (χ1v) is 8.65. The quantitative estimate of drug-likeness (QED) is 0.547. The van der Waals surface area contributed by atoms with E-state index in [4.69, 9.17) is 4.74 Å². The molecule has 0 aliphatic rings. The molecule has 0 saturated carbocycles. The van der Waals surface area contributed by atoms with Crippen LogP contribution in [0.15, 0.2) is 60.2 Å². The molecular weight excluding hydrogens is 359 g/mol. The van der Waals surface area contributed by atoms with Crippen LogP contribution < -0.4 is 10.3 Å². The van der Waals surface area contributed by atoms with Gasteiger partial charge in [0, 0.05) is 6.42 Å². The van der Waals surface area contributed by atoms with Crippen LogP contribution in [0.4, 0.5) is 4.39 Å². The van der Waals surface area contributed by atoms with E-state index in [2.05, 4.69) is 15.0 Å². The summed E-state index contributed by atoms with van der Waals surface area (Å²) in [7, 11) is 1.55. The second kappa shape index (κ2) is 7.19. The fourth-order valence-electron chi connectivity index (χ4n) is 3.15. The number of fused-ring (bicyclic) bond motifs is 1. The average molecular weight is 376 g/mol. The van der Waals surface area contributed by atoms with Crippen LogP contribution in [-0.4, -0.2) is 26.6 Å². The second-order valence-corrected chi connectivity index (χ2v) is 6.46. The Labute approximate surface area is 160 Å². The van der Waals surface area contributed by atoms with E-state index in [0.717, 1.165) is 5.56 Å². The topological polar surface area (TPSA) is 69.9 Å². The molecule has 0 N–H and O–H groups in total. The summed E-state index contributed by atoms with van der Waals surface area (Å²) in [6.07, 6.45) is 6.27. The number of benzene rings is 2. The normalized spacial score (nSPS) is 11.0. The van der Waals surface area contributed by atoms with Gasteiger partial charge in [-0.05, 0) is 47.9 Å². The standard InChI is InChI=1S/C21H17FN4O2/c1-13-5-17(28-2)8-15(20(13)22)6-14-3-4-19-18(7-14)21(27)26(12-25-19)16-9-23-11-24-10-16/h3-5,7-12H,6H2,1-2H3. The zero-order valence-corrected chi connectivity index (χ0v) is 15.4. The van der Waals surface area contributed by atoms with E-state index in [9.17, 15) is 9.18 Å². The number of halogens is 1. The third-order valence-electron chi connectivity index (χ3n) is 4.58. The summed E-state index contributed by atoms with van der Waals surface area (Å²) in [6, 6.07) is 8.69. The summed E-state index contributed by atoms with van der Waals surface area (Å²) in [5, 5.41) is 0.448. The maximum atomic E-state index is 14.5. The van der Waals surface area contributed by atoms with Gasteiger partial charge in [-0.2, -0.15) is 0 Å². The molecular formula is C21H17FN4O2. The van der Waals surface area contributed by atoms with Crippen LogP contribution in [0, 0.1) is 12.7 Å². The molecule has 28 heavy (non-hydrogen) atoms. The first-order valence-electron chi connectivity index (χ1n) is 8.65. The predicted molar refractivity (Wildman–Crippen MR) is 103 cm³/mol. The zero-order chi connectivity index (χ0) is 19.7. The molecule has 0 fully saturated rings. The van der Waals surface area contributed by atoms with Crippen molar-refractivity contribution in [3.63, 3.8) is 0 Å². The molecule has 0 radical (unpaired) electrons. The summed E-state index contributed by atoms with van der Waals surface area (Å²) in [5.41, 5.74) is 2.70. The van der Waals surface area contributed by atoms with E-state index in [-0.39, 0.29) is 11.4 Å². The van der Waals surface area contributed by atoms with Gasteiger partial charge in [-0.1, -0.05) is 6.07 Å². The minimum absolute atomic E-state index is 0.232. The van der Waals surface area contributed by atoms with Crippen molar-refractivity contribution in [2.75, 3.05) is 7.11 Å². The van der Waals surface area contributed by atoms with E-state index < -0.39 is 0 Å². The Kier molecular flexibility index (Phi) is 4.57. The van der Waals surface area contributed by atoms with Gasteiger partial charge in [0.1, 0.15) is 24.2 Å². The van der Waals surface area contributed by atoms with Gasteiger partial charge < -0.3 is 4.74 Å². The number of rotatable bonds is 4. The highest BCUT2D eigenvalue weighted by atomic mass is 19.1. The second-order valence-electron chi connectivity index (χ2n) is 6.46. The Balaban J connectivity index is 1.79. The van der Waals surface area contributed by atoms with Crippen LogP contribution in [0.2, 0.25) is 0 Å². The predicted octanol–water partition coefficient (Wildman–Crippen LogP) is 3.22. The van der Waals surface area contributed by atoms with Crippen LogP contribution in [0.5, 0.6) is 5.75 Å². The Morgan fingerprint density at radius 1 is 1.14 bits per heavy atom. The van der Waals surface area contributed by atoms with Crippen molar-refractivity contribution in [2.24, 2.45) is 0 Å². The number of nitrogens with zero attached hydrogens (tertiary/aromatic N) is 4. The molecule has 2 heterocycles. The zero-order valence-electron chi connectivity index (χ0n) is 15.4. The van der Waals surface area contributed by atoms with Crippen LogP contribution in [0.3, 0.4) is 0 Å². The highest BCUT2D eigenvalue weighted by molar-refractivity contribution is 5.78. The number of aromatic nitrogens is 4. The maximum Gasteiger partial charge on any atom is 0.265 e. The third kappa shape index (κ3) is 3.22. The van der Waals surface area contributed by atoms with Crippen LogP contribution in [0.1, 0.15) is 16.7 Å². The van der Waals surface area contributed by atoms with Gasteiger partial charge in [0.2, 0.25) is 0 Å². The summed E-state index contributed by atoms with van der Waals surface area (Å²) in [5.74, 6) is 0.328. The molecule has 0 aliphatic heterocycles. The lowest BCUT2D eigenvalue weighted by molar-refractivity contribution is 0.412. The molecule has 0 amide bonds. The summed E-state index contributed by atoms with van der Waals surface area (Å²) in [4.78, 5) is 25.1. The fourth-order valence-corrected chi connectivity index (χ4v) is 3.15. The Morgan fingerprint density at radius 2 is 1.93 bits per heavy atom. The van der Waals surface area contributed by atoms with Crippen molar-refractivity contribution >= 4 is 10.9 Å². The molecule has 4 aromatic rings. The van der Waals surface area contributed by atoms with Crippen LogP contribution in [-0.2, 0) is 6.42 Å². The molecule has 0 saturated heterocycles. The molecule has 2 aromatic heterocycles. The summed E-state index contributed by atoms with van der Waals surface area (Å²) < 4.78 is 21.2. The van der Waals surface area contributed by atoms with Gasteiger partial charge in [0.15, 0.2) is 0 Å². The van der Waals surface area contributed by atoms with Gasteiger partial charge in [-0.15, -0.1) is 0 Å². The number of ether oxygens (including phenoxy) is 1. The minimum atomic E-state index is -0.272. The van der Waals surface area contributed by atoms with Crippen LogP contribution >= 0.6 is 0 Å². The molecule has 0 unspecified atom stereocenters. The lowest BCUT2D eigenvalue weighted by Crippen LogP contribution is -2.19. The third-order valence-corrected chi connectivity index (χ3v) is 4.58. The van der Waals surface area contributed by atoms with E-state index in [1.54, 1.807) is 50.7 Å². The van der Waals surface area contributed by atoms with Gasteiger partial charge in [0.05, 0.1) is 36.1 Å². The monoisotopic (exact) mass is 376 g/mol. The first-order chi connectivity index (χ1) is 13.6. The number of hydrogen-bond acceptors (Lipinski definition) is 5. The minimum Gasteiger partial charge on any atom is -0.497 e. The average Bonchev–Trinajstić information content (AvgIpc) is 2.72. The van der Waals surface area contributed by atoms with Gasteiger partial charge in [-0.25, -0.2) is 19.3 Å². The molecule has 0 aliphatic carbocycles. The van der Waals surface area contributed by atoms with E-state index in [1.807, 2.05) is 6.07 Å². The van der Waals surface area contributed by atoms with Crippen molar-refractivity contribution < 1.29 is 9.13 Å². The van der Waals surface area contributed by atoms with E-state index in [1.165, 1.54) is 17.2 Å². The highest BCUT2D eigenvalue weighted by Crippen LogP contribution is 2.24. The molecule has 6 nitrogen and oxygen atoms in total. The number of aryl methyl sites for hydroxylation is 1. The molecule has 2 aromatic carbocycles. The van der Waals surface area contributed by atoms with Gasteiger partial charge in [-0.3, -0.25) is 9.36 Å². The smallest absolute Gasteiger partial charge is 0.265 e. The largest absolute Gasteiger partial charge is 0.497 e. The fraction of sp³-hybridized carbons (Fsp3) is 0.143. The van der Waals surface area contributed by atoms with Crippen molar-refractivity contribution in [1.29, 1.82) is 0 Å². The lowest BCUT2D eigenvalue weighted by atomic mass is 10.0. The molecule has 7 heteroatoms. The summed E-state index contributed by atoms with van der Waals surface area (Å²) >= 11 is 0. The first kappa shape index (κ1) is 17.8. The molecule has 0 atom stereocenters. The van der Waals surface area contributed by atoms with Gasteiger partial charge >= 0.3 is 0 Å². The lowest BCUT2D eigenvalue weighted by Gasteiger charge is -2.10. The molecule has 140 valence electrons. The number of methoxy groups -OCH3 is 1. The van der Waals surface area contributed by atoms with Crippen LogP contribution in [0.25, 0.3) is 16.6 Å². The molecule has 0 bridgehead atoms. The van der Waals surface area contributed by atoms with E-state index >= 15 is 0 Å². The molecule has 0 spiro atoms. The SMILES string of the molecule is COc1cc(C)c(F)c(Cc2ccc3ncn(-c4cncnc4)c(=O)c3c2)c1. The summed E-state index contributed by atoms with van der Waals surface area (Å²) in [6.45, 7) is 1.70. The number of hydrogen-bond donors (Lipinski definition) is 0. The van der Waals surface area contributed by atoms with Crippen molar-refractivity contribution in [2.45, 2.75) is 13.3 Å². The maximum absolute atomic E-state index is 14.5. The molecule has 4 rings (SSSR count). The van der Waals surface area contributed by atoms with E-state index in [0.29, 0.717) is 39.9 Å². The van der Waals surface area contributed by atoms with Gasteiger partial charge in [0.25, 0.3) is 5.56 Å². The Morgan fingerprint density at radius 3 is 2.68 bits per heavy atom. The van der Waals surface area contributed by atoms with Crippen molar-refractivity contribution in [3.8, 4) is 11.4 Å². The van der Waals surface area contributed by atoms with Crippen molar-refractivity contribution in [1.82, 2.24) is 19.5 Å². The van der Waals surface area contributed by atoms with Crippen molar-refractivity contribution in [3.05, 3.63) is 88.2 Å². The Bertz CT molecular complexity index is 1220.